The Bertz CT molecular complexity index is 1810. The molecule has 0 amide bonds. The first-order chi connectivity index (χ1) is 38.5. The van der Waals surface area contributed by atoms with Crippen molar-refractivity contribution in [3.05, 3.63) is 170 Å². The summed E-state index contributed by atoms with van der Waals surface area (Å²) in [5.41, 5.74) is 0. The predicted molar refractivity (Wildman–Crippen MR) is 338 cm³/mol. The van der Waals surface area contributed by atoms with E-state index in [2.05, 4.69) is 191 Å². The molecule has 0 bridgehead atoms. The summed E-state index contributed by atoms with van der Waals surface area (Å²) in [6, 6.07) is 0. The number of rotatable bonds is 54. The number of carbonyl (C=O) groups excluding carboxylic acids is 3. The number of allylic oxidation sites excluding steroid dienone is 28. The van der Waals surface area contributed by atoms with E-state index in [0.717, 1.165) is 186 Å². The molecule has 1 unspecified atom stereocenters. The average Bonchev–Trinajstić information content (AvgIpc) is 3.44. The number of hydrogen-bond donors (Lipinski definition) is 0. The highest BCUT2D eigenvalue weighted by atomic mass is 16.6. The van der Waals surface area contributed by atoms with Gasteiger partial charge in [-0.2, -0.15) is 0 Å². The number of esters is 3. The molecule has 78 heavy (non-hydrogen) atoms. The van der Waals surface area contributed by atoms with Crippen LogP contribution < -0.4 is 0 Å². The van der Waals surface area contributed by atoms with Crippen molar-refractivity contribution in [2.75, 3.05) is 13.2 Å². The molecule has 1 atom stereocenters. The summed E-state index contributed by atoms with van der Waals surface area (Å²) >= 11 is 0. The van der Waals surface area contributed by atoms with Crippen LogP contribution >= 0.6 is 0 Å². The maximum atomic E-state index is 12.9. The summed E-state index contributed by atoms with van der Waals surface area (Å²) < 4.78 is 16.9. The van der Waals surface area contributed by atoms with E-state index in [4.69, 9.17) is 14.2 Å². The standard InChI is InChI=1S/C72H112O6/c1-4-7-10-13-16-19-22-25-28-30-32-34-36-38-40-42-44-47-50-53-56-59-62-65-71(74)77-68-69(67-76-70(73)64-61-58-55-52-49-46-27-24-21-18-15-12-9-6-3)78-72(75)66-63-60-57-54-51-48-45-43-41-39-37-35-33-31-29-26-23-20-17-14-11-8-5-2/h7-8,10-11,15-20,24-29,32-35,38-41,44-45,47-48,69H,4-6,9,12-14,21-23,30-31,36-37,42-43,46,49-68H2,1-3H3/b10-7-,11-8-,18-15-,19-16-,20-17-,27-24-,28-25-,29-26-,34-32-,35-33-,40-38-,41-39-,47-44-,48-45-. The second-order valence-corrected chi connectivity index (χ2v) is 19.8. The van der Waals surface area contributed by atoms with E-state index in [-0.39, 0.29) is 37.5 Å². The van der Waals surface area contributed by atoms with E-state index in [9.17, 15) is 14.4 Å². The van der Waals surface area contributed by atoms with Crippen molar-refractivity contribution in [2.24, 2.45) is 0 Å². The Kier molecular flexibility index (Phi) is 60.0. The lowest BCUT2D eigenvalue weighted by atomic mass is 10.1. The Balaban J connectivity index is 4.53. The molecule has 0 aromatic carbocycles. The van der Waals surface area contributed by atoms with Crippen LogP contribution in [0.4, 0.5) is 0 Å². The van der Waals surface area contributed by atoms with E-state index < -0.39 is 6.10 Å². The van der Waals surface area contributed by atoms with Gasteiger partial charge in [-0.3, -0.25) is 14.4 Å². The lowest BCUT2D eigenvalue weighted by Gasteiger charge is -2.18. The molecule has 0 saturated heterocycles. The highest BCUT2D eigenvalue weighted by Crippen LogP contribution is 2.13. The maximum absolute atomic E-state index is 12.9. The van der Waals surface area contributed by atoms with Crippen LogP contribution in [0.15, 0.2) is 170 Å². The Hall–Kier alpha value is -5.23. The number of hydrogen-bond acceptors (Lipinski definition) is 6. The molecule has 436 valence electrons. The molecular weight excluding hydrogens is 961 g/mol. The van der Waals surface area contributed by atoms with Crippen LogP contribution in [-0.2, 0) is 28.6 Å². The van der Waals surface area contributed by atoms with Crippen molar-refractivity contribution in [1.82, 2.24) is 0 Å². The van der Waals surface area contributed by atoms with Gasteiger partial charge in [0.2, 0.25) is 0 Å². The quantitative estimate of drug-likeness (QED) is 0.0261. The van der Waals surface area contributed by atoms with Gasteiger partial charge < -0.3 is 14.2 Å². The SMILES string of the molecule is CC/C=C\C/C=C\C/C=C\C/C=C\C/C=C\C/C=C\CCCCCCC(=O)OCC(COC(=O)CCCCCCC/C=C\C/C=C\CCCC)OC(=O)CCCCCC/C=C\C/C=C\C/C=C\C/C=C\C/C=C\C/C=C\CC. The van der Waals surface area contributed by atoms with Crippen molar-refractivity contribution in [1.29, 1.82) is 0 Å². The predicted octanol–water partition coefficient (Wildman–Crippen LogP) is 21.5. The molecule has 0 heterocycles. The molecule has 0 aliphatic carbocycles. The van der Waals surface area contributed by atoms with Crippen LogP contribution in [0, 0.1) is 0 Å². The highest BCUT2D eigenvalue weighted by Gasteiger charge is 2.19. The lowest BCUT2D eigenvalue weighted by molar-refractivity contribution is -0.167. The molecule has 0 spiro atoms. The molecule has 0 fully saturated rings. The van der Waals surface area contributed by atoms with Gasteiger partial charge in [0.25, 0.3) is 0 Å². The van der Waals surface area contributed by atoms with Gasteiger partial charge in [0, 0.05) is 19.3 Å². The van der Waals surface area contributed by atoms with Crippen LogP contribution in [0.3, 0.4) is 0 Å². The number of carbonyl (C=O) groups is 3. The van der Waals surface area contributed by atoms with Crippen molar-refractivity contribution in [3.63, 3.8) is 0 Å². The van der Waals surface area contributed by atoms with Crippen molar-refractivity contribution >= 4 is 17.9 Å². The van der Waals surface area contributed by atoms with Crippen LogP contribution in [0.2, 0.25) is 0 Å². The van der Waals surface area contributed by atoms with Gasteiger partial charge in [-0.1, -0.05) is 249 Å². The van der Waals surface area contributed by atoms with Crippen molar-refractivity contribution in [2.45, 2.75) is 252 Å². The topological polar surface area (TPSA) is 78.9 Å². The van der Waals surface area contributed by atoms with Crippen molar-refractivity contribution < 1.29 is 28.6 Å². The normalized spacial score (nSPS) is 13.3. The Morgan fingerprint density at radius 2 is 0.500 bits per heavy atom. The molecule has 0 saturated carbocycles. The largest absolute Gasteiger partial charge is 0.462 e. The summed E-state index contributed by atoms with van der Waals surface area (Å²) in [4.78, 5) is 38.3. The van der Waals surface area contributed by atoms with Crippen LogP contribution in [0.1, 0.15) is 245 Å². The Morgan fingerprint density at radius 3 is 0.782 bits per heavy atom. The van der Waals surface area contributed by atoms with E-state index in [1.54, 1.807) is 0 Å². The Morgan fingerprint density at radius 1 is 0.269 bits per heavy atom. The zero-order chi connectivity index (χ0) is 56.4. The second-order valence-electron chi connectivity index (χ2n) is 19.8. The lowest BCUT2D eigenvalue weighted by Crippen LogP contribution is -2.30. The minimum absolute atomic E-state index is 0.113. The zero-order valence-electron chi connectivity index (χ0n) is 49.9. The molecule has 0 rings (SSSR count). The van der Waals surface area contributed by atoms with E-state index >= 15 is 0 Å². The average molecular weight is 1070 g/mol. The smallest absolute Gasteiger partial charge is 0.306 e. The number of unbranched alkanes of at least 4 members (excludes halogenated alkanes) is 15. The molecule has 0 radical (unpaired) electrons. The first-order valence-electron chi connectivity index (χ1n) is 31.1. The Labute approximate surface area is 479 Å². The fourth-order valence-electron chi connectivity index (χ4n) is 7.82. The van der Waals surface area contributed by atoms with Gasteiger partial charge in [-0.15, -0.1) is 0 Å². The molecule has 0 aliphatic heterocycles. The second kappa shape index (κ2) is 64.3. The van der Waals surface area contributed by atoms with Gasteiger partial charge in [0.1, 0.15) is 13.2 Å². The number of ether oxygens (including phenoxy) is 3. The zero-order valence-corrected chi connectivity index (χ0v) is 49.9. The fourth-order valence-corrected chi connectivity index (χ4v) is 7.82. The molecule has 6 heteroatoms. The van der Waals surface area contributed by atoms with E-state index in [1.807, 2.05) is 0 Å². The summed E-state index contributed by atoms with van der Waals surface area (Å²) in [6.07, 6.45) is 94.9. The van der Waals surface area contributed by atoms with E-state index in [1.165, 1.54) is 19.3 Å². The summed E-state index contributed by atoms with van der Waals surface area (Å²) in [5, 5.41) is 0. The highest BCUT2D eigenvalue weighted by molar-refractivity contribution is 5.71. The van der Waals surface area contributed by atoms with Crippen LogP contribution in [0.25, 0.3) is 0 Å². The van der Waals surface area contributed by atoms with E-state index in [0.29, 0.717) is 12.8 Å². The monoisotopic (exact) mass is 1070 g/mol. The van der Waals surface area contributed by atoms with Crippen LogP contribution in [-0.4, -0.2) is 37.2 Å². The molecule has 0 N–H and O–H groups in total. The molecule has 6 nitrogen and oxygen atoms in total. The van der Waals surface area contributed by atoms with Gasteiger partial charge in [0.15, 0.2) is 6.10 Å². The minimum atomic E-state index is -0.820. The third-order valence-electron chi connectivity index (χ3n) is 12.4. The molecule has 0 aliphatic rings. The molecule has 0 aromatic rings. The third-order valence-corrected chi connectivity index (χ3v) is 12.4. The van der Waals surface area contributed by atoms with Crippen LogP contribution in [0.5, 0.6) is 0 Å². The minimum Gasteiger partial charge on any atom is -0.462 e. The first kappa shape index (κ1) is 72.8. The summed E-state index contributed by atoms with van der Waals surface area (Å²) in [5.74, 6) is -0.983. The third kappa shape index (κ3) is 61.6. The van der Waals surface area contributed by atoms with Gasteiger partial charge in [-0.05, 0) is 148 Å². The first-order valence-corrected chi connectivity index (χ1v) is 31.1. The maximum Gasteiger partial charge on any atom is 0.306 e. The summed E-state index contributed by atoms with van der Waals surface area (Å²) in [7, 11) is 0. The van der Waals surface area contributed by atoms with Crippen molar-refractivity contribution in [3.8, 4) is 0 Å². The molecule has 0 aromatic heterocycles. The van der Waals surface area contributed by atoms with Gasteiger partial charge in [0.05, 0.1) is 0 Å². The van der Waals surface area contributed by atoms with Gasteiger partial charge >= 0.3 is 17.9 Å². The molecular formula is C72H112O6. The van der Waals surface area contributed by atoms with Gasteiger partial charge in [-0.25, -0.2) is 0 Å². The fraction of sp³-hybridized carbons (Fsp3) is 0.569. The summed E-state index contributed by atoms with van der Waals surface area (Å²) in [6.45, 7) is 6.30.